The average molecular weight is 315 g/mol. The third-order valence-electron chi connectivity index (χ3n) is 3.68. The highest BCUT2D eigenvalue weighted by molar-refractivity contribution is 6.12. The summed E-state index contributed by atoms with van der Waals surface area (Å²) >= 11 is 0. The van der Waals surface area contributed by atoms with Gasteiger partial charge in [0, 0.05) is 11.6 Å². The molecule has 0 atom stereocenters. The number of carbonyl (C=O) groups excluding carboxylic acids is 1. The summed E-state index contributed by atoms with van der Waals surface area (Å²) < 4.78 is 10.5. The topological polar surface area (TPSA) is 51.8 Å². The minimum Gasteiger partial charge on any atom is -0.465 e. The van der Waals surface area contributed by atoms with E-state index in [0.29, 0.717) is 11.7 Å². The second-order valence-corrected chi connectivity index (χ2v) is 5.29. The van der Waals surface area contributed by atoms with Crippen molar-refractivity contribution in [1.82, 2.24) is 0 Å². The molecule has 3 aromatic rings. The highest BCUT2D eigenvalue weighted by Gasteiger charge is 2.24. The van der Waals surface area contributed by atoms with Gasteiger partial charge in [-0.25, -0.2) is 9.79 Å². The molecule has 4 heteroatoms. The fraction of sp³-hybridized carbons (Fsp3) is 0. The molecule has 2 aromatic carbocycles. The summed E-state index contributed by atoms with van der Waals surface area (Å²) in [6.07, 6.45) is 3.10. The van der Waals surface area contributed by atoms with Gasteiger partial charge in [-0.1, -0.05) is 42.5 Å². The maximum absolute atomic E-state index is 11.9. The zero-order chi connectivity index (χ0) is 16.4. The second-order valence-electron chi connectivity index (χ2n) is 5.29. The molecule has 2 heterocycles. The molecular formula is C20H13NO3. The van der Waals surface area contributed by atoms with Crippen molar-refractivity contribution in [1.29, 1.82) is 0 Å². The summed E-state index contributed by atoms with van der Waals surface area (Å²) in [6, 6.07) is 21.3. The number of rotatable bonds is 3. The summed E-state index contributed by atoms with van der Waals surface area (Å²) in [6.45, 7) is 0. The van der Waals surface area contributed by atoms with E-state index in [-0.39, 0.29) is 5.70 Å². The first kappa shape index (κ1) is 14.2. The van der Waals surface area contributed by atoms with Crippen LogP contribution in [0.2, 0.25) is 0 Å². The second kappa shape index (κ2) is 6.01. The standard InChI is InChI=1S/C20H13NO3/c22-20-18(13-17-7-4-12-23-17)21-19(24-20)16-10-8-15(9-11-16)14-5-2-1-3-6-14/h1-13H/b18-13-. The number of aliphatic imine (C=N–C) groups is 1. The summed E-state index contributed by atoms with van der Waals surface area (Å²) in [5, 5.41) is 0. The Hall–Kier alpha value is -3.40. The van der Waals surface area contributed by atoms with Gasteiger partial charge in [-0.2, -0.15) is 0 Å². The molecule has 4 nitrogen and oxygen atoms in total. The number of benzene rings is 2. The van der Waals surface area contributed by atoms with E-state index in [1.165, 1.54) is 0 Å². The van der Waals surface area contributed by atoms with Crippen LogP contribution >= 0.6 is 0 Å². The molecule has 24 heavy (non-hydrogen) atoms. The summed E-state index contributed by atoms with van der Waals surface area (Å²) in [4.78, 5) is 16.2. The van der Waals surface area contributed by atoms with Gasteiger partial charge in [-0.3, -0.25) is 0 Å². The van der Waals surface area contributed by atoms with Gasteiger partial charge in [0.2, 0.25) is 5.90 Å². The Kier molecular flexibility index (Phi) is 3.56. The lowest BCUT2D eigenvalue weighted by atomic mass is 10.0. The fourth-order valence-corrected chi connectivity index (χ4v) is 2.48. The van der Waals surface area contributed by atoms with Crippen molar-refractivity contribution in [2.24, 2.45) is 4.99 Å². The summed E-state index contributed by atoms with van der Waals surface area (Å²) in [7, 11) is 0. The Morgan fingerprint density at radius 1 is 0.792 bits per heavy atom. The zero-order valence-corrected chi connectivity index (χ0v) is 12.7. The molecule has 4 rings (SSSR count). The summed E-state index contributed by atoms with van der Waals surface area (Å²) in [5.41, 5.74) is 3.21. The van der Waals surface area contributed by atoms with E-state index in [0.717, 1.165) is 16.7 Å². The van der Waals surface area contributed by atoms with Gasteiger partial charge in [0.1, 0.15) is 5.76 Å². The van der Waals surface area contributed by atoms with Gasteiger partial charge in [-0.05, 0) is 35.4 Å². The molecule has 0 saturated carbocycles. The first-order valence-corrected chi connectivity index (χ1v) is 7.51. The third-order valence-corrected chi connectivity index (χ3v) is 3.68. The van der Waals surface area contributed by atoms with Gasteiger partial charge < -0.3 is 9.15 Å². The van der Waals surface area contributed by atoms with Crippen molar-refractivity contribution in [3.05, 3.63) is 90.0 Å². The molecule has 116 valence electrons. The highest BCUT2D eigenvalue weighted by Crippen LogP contribution is 2.23. The maximum atomic E-state index is 11.9. The van der Waals surface area contributed by atoms with Crippen LogP contribution in [-0.2, 0) is 9.53 Å². The van der Waals surface area contributed by atoms with E-state index in [1.54, 1.807) is 24.5 Å². The molecule has 1 aromatic heterocycles. The average Bonchev–Trinajstić information content (AvgIpc) is 3.27. The van der Waals surface area contributed by atoms with Crippen LogP contribution < -0.4 is 0 Å². The molecule has 0 radical (unpaired) electrons. The van der Waals surface area contributed by atoms with Crippen LogP contribution in [0.15, 0.2) is 88.1 Å². The Bertz CT molecular complexity index is 921. The van der Waals surface area contributed by atoms with E-state index in [2.05, 4.69) is 4.99 Å². The monoisotopic (exact) mass is 315 g/mol. The van der Waals surface area contributed by atoms with E-state index >= 15 is 0 Å². The number of hydrogen-bond acceptors (Lipinski definition) is 4. The van der Waals surface area contributed by atoms with Gasteiger partial charge in [0.05, 0.1) is 6.26 Å². The van der Waals surface area contributed by atoms with Crippen LogP contribution in [0, 0.1) is 0 Å². The van der Waals surface area contributed by atoms with Gasteiger partial charge in [-0.15, -0.1) is 0 Å². The first-order valence-electron chi connectivity index (χ1n) is 7.51. The molecule has 0 spiro atoms. The van der Waals surface area contributed by atoms with Crippen molar-refractivity contribution in [3.8, 4) is 11.1 Å². The number of ether oxygens (including phenoxy) is 1. The van der Waals surface area contributed by atoms with E-state index in [1.807, 2.05) is 54.6 Å². The quantitative estimate of drug-likeness (QED) is 0.535. The highest BCUT2D eigenvalue weighted by atomic mass is 16.6. The van der Waals surface area contributed by atoms with E-state index < -0.39 is 5.97 Å². The third kappa shape index (κ3) is 2.77. The van der Waals surface area contributed by atoms with Crippen LogP contribution in [0.1, 0.15) is 11.3 Å². The van der Waals surface area contributed by atoms with Crippen molar-refractivity contribution in [2.45, 2.75) is 0 Å². The van der Waals surface area contributed by atoms with E-state index in [9.17, 15) is 4.79 Å². The van der Waals surface area contributed by atoms with Crippen molar-refractivity contribution in [3.63, 3.8) is 0 Å². The first-order chi connectivity index (χ1) is 11.8. The Morgan fingerprint density at radius 3 is 2.21 bits per heavy atom. The molecular weight excluding hydrogens is 302 g/mol. The Morgan fingerprint density at radius 2 is 1.50 bits per heavy atom. The Labute approximate surface area is 138 Å². The number of cyclic esters (lactones) is 1. The van der Waals surface area contributed by atoms with Crippen LogP contribution in [0.5, 0.6) is 0 Å². The molecule has 0 unspecified atom stereocenters. The normalized spacial score (nSPS) is 15.4. The van der Waals surface area contributed by atoms with Crippen LogP contribution in [0.25, 0.3) is 17.2 Å². The molecule has 0 aliphatic carbocycles. The number of esters is 1. The molecule has 0 fully saturated rings. The van der Waals surface area contributed by atoms with Gasteiger partial charge in [0.25, 0.3) is 0 Å². The lowest BCUT2D eigenvalue weighted by Crippen LogP contribution is -2.05. The van der Waals surface area contributed by atoms with Crippen molar-refractivity contribution >= 4 is 17.9 Å². The predicted octanol–water partition coefficient (Wildman–Crippen LogP) is 4.29. The molecule has 0 amide bonds. The number of nitrogens with zero attached hydrogens (tertiary/aromatic N) is 1. The number of hydrogen-bond donors (Lipinski definition) is 0. The minimum atomic E-state index is -0.478. The van der Waals surface area contributed by atoms with Gasteiger partial charge >= 0.3 is 5.97 Å². The fourth-order valence-electron chi connectivity index (χ4n) is 2.48. The largest absolute Gasteiger partial charge is 0.465 e. The molecule has 1 aliphatic heterocycles. The molecule has 0 bridgehead atoms. The number of carbonyl (C=O) groups is 1. The lowest BCUT2D eigenvalue weighted by molar-refractivity contribution is -0.129. The smallest absolute Gasteiger partial charge is 0.363 e. The summed E-state index contributed by atoms with van der Waals surface area (Å²) in [5.74, 6) is 0.386. The van der Waals surface area contributed by atoms with Gasteiger partial charge in [0.15, 0.2) is 5.70 Å². The molecule has 0 saturated heterocycles. The maximum Gasteiger partial charge on any atom is 0.363 e. The van der Waals surface area contributed by atoms with Crippen molar-refractivity contribution < 1.29 is 13.9 Å². The van der Waals surface area contributed by atoms with Crippen LogP contribution in [-0.4, -0.2) is 11.9 Å². The predicted molar refractivity (Wildman–Crippen MR) is 91.2 cm³/mol. The zero-order valence-electron chi connectivity index (χ0n) is 12.7. The van der Waals surface area contributed by atoms with Crippen LogP contribution in [0.3, 0.4) is 0 Å². The lowest BCUT2D eigenvalue weighted by Gasteiger charge is -2.03. The molecule has 0 N–H and O–H groups in total. The van der Waals surface area contributed by atoms with Crippen molar-refractivity contribution in [2.75, 3.05) is 0 Å². The SMILES string of the molecule is O=C1OC(c2ccc(-c3ccccc3)cc2)=N/C1=C\c1ccco1. The van der Waals surface area contributed by atoms with E-state index in [4.69, 9.17) is 9.15 Å². The number of furan rings is 1. The minimum absolute atomic E-state index is 0.229. The van der Waals surface area contributed by atoms with Crippen LogP contribution in [0.4, 0.5) is 0 Å². The molecule has 1 aliphatic rings. The Balaban J connectivity index is 1.61.